The average molecular weight is 384 g/mol. The Hall–Kier alpha value is -2.50. The smallest absolute Gasteiger partial charge is 0.335 e. The third-order valence-electron chi connectivity index (χ3n) is 3.92. The van der Waals surface area contributed by atoms with Gasteiger partial charge in [0.15, 0.2) is 0 Å². The molecule has 0 fully saturated rings. The van der Waals surface area contributed by atoms with Gasteiger partial charge in [0.05, 0.1) is 41.6 Å². The zero-order valence-corrected chi connectivity index (χ0v) is 16.5. The highest BCUT2D eigenvalue weighted by Crippen LogP contribution is 2.22. The molecule has 5 heteroatoms. The molecule has 0 aliphatic heterocycles. The van der Waals surface area contributed by atoms with E-state index in [1.54, 1.807) is 18.2 Å². The molecule has 4 nitrogen and oxygen atoms in total. The average Bonchev–Trinajstić information content (AvgIpc) is 2.70. The summed E-state index contributed by atoms with van der Waals surface area (Å²) in [7, 11) is -0.227. The topological polar surface area (TPSA) is 52.6 Å². The normalized spacial score (nSPS) is 12.8. The molecule has 0 saturated heterocycles. The molecule has 0 aromatic heterocycles. The summed E-state index contributed by atoms with van der Waals surface area (Å²) in [6.07, 6.45) is 1.85. The van der Waals surface area contributed by atoms with Gasteiger partial charge in [-0.25, -0.2) is 9.00 Å². The van der Waals surface area contributed by atoms with Gasteiger partial charge in [0, 0.05) is 4.90 Å². The minimum atomic E-state index is -1.54. The van der Waals surface area contributed by atoms with Gasteiger partial charge in [0.1, 0.15) is 0 Å². The van der Waals surface area contributed by atoms with Crippen LogP contribution in [0.1, 0.15) is 17.5 Å². The predicted octanol–water partition coefficient (Wildman–Crippen LogP) is 4.32. The van der Waals surface area contributed by atoms with E-state index in [2.05, 4.69) is 6.58 Å². The van der Waals surface area contributed by atoms with Crippen molar-refractivity contribution in [1.29, 1.82) is 0 Å². The fourth-order valence-electron chi connectivity index (χ4n) is 2.47. The highest BCUT2D eigenvalue weighted by Gasteiger charge is 2.21. The van der Waals surface area contributed by atoms with E-state index in [1.807, 2.05) is 49.4 Å². The van der Waals surface area contributed by atoms with Crippen molar-refractivity contribution in [2.45, 2.75) is 24.8 Å². The Bertz CT molecular complexity index is 823. The summed E-state index contributed by atoms with van der Waals surface area (Å²) in [6, 6.07) is 17.1. The minimum absolute atomic E-state index is 0.0631. The van der Waals surface area contributed by atoms with Crippen LogP contribution in [-0.4, -0.2) is 23.9 Å². The van der Waals surface area contributed by atoms with Crippen molar-refractivity contribution in [3.8, 4) is 0 Å². The number of methoxy groups -OCH3 is 1. The lowest BCUT2D eigenvalue weighted by atomic mass is 10.2. The van der Waals surface area contributed by atoms with Crippen LogP contribution in [0.15, 0.2) is 82.6 Å². The first-order valence-corrected chi connectivity index (χ1v) is 9.73. The van der Waals surface area contributed by atoms with Crippen LogP contribution >= 0.6 is 0 Å². The zero-order valence-electron chi connectivity index (χ0n) is 15.6. The number of rotatable bonds is 9. The maximum Gasteiger partial charge on any atom is 0.335 e. The summed E-state index contributed by atoms with van der Waals surface area (Å²) in [4.78, 5) is 13.3. The Labute approximate surface area is 163 Å². The fourth-order valence-corrected chi connectivity index (χ4v) is 3.72. The number of aryl methyl sites for hydroxylation is 1. The molecule has 0 heterocycles. The van der Waals surface area contributed by atoms with Crippen LogP contribution in [0, 0.1) is 6.92 Å². The van der Waals surface area contributed by atoms with E-state index in [4.69, 9.17) is 9.47 Å². The van der Waals surface area contributed by atoms with E-state index in [9.17, 15) is 9.00 Å². The number of hydrogen-bond acceptors (Lipinski definition) is 4. The highest BCUT2D eigenvalue weighted by atomic mass is 32.2. The Morgan fingerprint density at radius 3 is 2.37 bits per heavy atom. The summed E-state index contributed by atoms with van der Waals surface area (Å²) < 4.78 is 23.8. The van der Waals surface area contributed by atoms with Crippen molar-refractivity contribution in [3.05, 3.63) is 88.9 Å². The van der Waals surface area contributed by atoms with Gasteiger partial charge in [0.25, 0.3) is 0 Å². The van der Waals surface area contributed by atoms with E-state index >= 15 is 0 Å². The van der Waals surface area contributed by atoms with Gasteiger partial charge >= 0.3 is 5.97 Å². The molecule has 2 aromatic carbocycles. The first-order chi connectivity index (χ1) is 13.1. The number of carbonyl (C=O) groups is 1. The number of ether oxygens (including phenoxy) is 2. The summed E-state index contributed by atoms with van der Waals surface area (Å²) in [6.45, 7) is 6.07. The molecular weight excluding hydrogens is 360 g/mol. The third kappa shape index (κ3) is 6.01. The van der Waals surface area contributed by atoms with Crippen LogP contribution in [0.3, 0.4) is 0 Å². The Morgan fingerprint density at radius 2 is 1.78 bits per heavy atom. The molecule has 2 rings (SSSR count). The summed E-state index contributed by atoms with van der Waals surface area (Å²) in [5, 5.41) is 0. The number of hydrogen-bond donors (Lipinski definition) is 0. The van der Waals surface area contributed by atoms with Crippen molar-refractivity contribution in [2.75, 3.05) is 13.7 Å². The van der Waals surface area contributed by atoms with E-state index in [-0.39, 0.29) is 13.0 Å². The Kier molecular flexibility index (Phi) is 8.17. The van der Waals surface area contributed by atoms with Gasteiger partial charge in [-0.2, -0.15) is 0 Å². The second kappa shape index (κ2) is 10.6. The van der Waals surface area contributed by atoms with Gasteiger partial charge in [-0.05, 0) is 31.0 Å². The quantitative estimate of drug-likeness (QED) is 0.367. The van der Waals surface area contributed by atoms with E-state index in [1.165, 1.54) is 7.11 Å². The second-order valence-electron chi connectivity index (χ2n) is 5.95. The van der Waals surface area contributed by atoms with Crippen LogP contribution < -0.4 is 0 Å². The molecule has 1 atom stereocenters. The monoisotopic (exact) mass is 384 g/mol. The summed E-state index contributed by atoms with van der Waals surface area (Å²) in [5.41, 5.74) is 2.39. The molecule has 142 valence electrons. The Balaban J connectivity index is 2.31. The van der Waals surface area contributed by atoms with Crippen molar-refractivity contribution >= 4 is 16.8 Å². The molecule has 27 heavy (non-hydrogen) atoms. The first kappa shape index (κ1) is 20.8. The SMILES string of the molecule is C=CC/C(C(=O)OC)=C(/COCc1ccccc1)S(=O)c1ccc(C)cc1. The number of benzene rings is 2. The fraction of sp³-hybridized carbons (Fsp3) is 0.227. The zero-order chi connectivity index (χ0) is 19.6. The van der Waals surface area contributed by atoms with Gasteiger partial charge in [0.2, 0.25) is 0 Å². The van der Waals surface area contributed by atoms with Crippen LogP contribution in [-0.2, 0) is 31.7 Å². The van der Waals surface area contributed by atoms with Crippen molar-refractivity contribution in [3.63, 3.8) is 0 Å². The minimum Gasteiger partial charge on any atom is -0.466 e. The predicted molar refractivity (Wildman–Crippen MR) is 108 cm³/mol. The highest BCUT2D eigenvalue weighted by molar-refractivity contribution is 7.89. The number of allylic oxidation sites excluding steroid dienone is 1. The van der Waals surface area contributed by atoms with Gasteiger partial charge in [-0.1, -0.05) is 54.1 Å². The second-order valence-corrected chi connectivity index (χ2v) is 7.45. The van der Waals surface area contributed by atoms with E-state index < -0.39 is 16.8 Å². The standard InChI is InChI=1S/C22H24O4S/c1-4-8-20(22(23)25-3)21(16-26-15-18-9-6-5-7-10-18)27(24)19-13-11-17(2)12-14-19/h4-7,9-14H,1,8,15-16H2,2-3H3/b21-20+. The summed E-state index contributed by atoms with van der Waals surface area (Å²) in [5.74, 6) is -0.520. The molecule has 2 aromatic rings. The van der Waals surface area contributed by atoms with Gasteiger partial charge < -0.3 is 9.47 Å². The van der Waals surface area contributed by atoms with Crippen LogP contribution in [0.5, 0.6) is 0 Å². The molecule has 1 unspecified atom stereocenters. The van der Waals surface area contributed by atoms with Gasteiger partial charge in [-0.15, -0.1) is 6.58 Å². The van der Waals surface area contributed by atoms with Crippen molar-refractivity contribution in [2.24, 2.45) is 0 Å². The molecular formula is C22H24O4S. The molecule has 0 aliphatic carbocycles. The molecule has 0 amide bonds. The lowest BCUT2D eigenvalue weighted by Gasteiger charge is -2.14. The first-order valence-electron chi connectivity index (χ1n) is 8.58. The Morgan fingerprint density at radius 1 is 1.11 bits per heavy atom. The van der Waals surface area contributed by atoms with Crippen molar-refractivity contribution < 1.29 is 18.5 Å². The maximum atomic E-state index is 13.2. The number of carbonyl (C=O) groups excluding carboxylic acids is 1. The molecule has 0 N–H and O–H groups in total. The number of esters is 1. The molecule has 0 aliphatic rings. The molecule has 0 saturated carbocycles. The van der Waals surface area contributed by atoms with Crippen LogP contribution in [0.2, 0.25) is 0 Å². The lowest BCUT2D eigenvalue weighted by molar-refractivity contribution is -0.136. The largest absolute Gasteiger partial charge is 0.466 e. The molecule has 0 radical (unpaired) electrons. The maximum absolute atomic E-state index is 13.2. The summed E-state index contributed by atoms with van der Waals surface area (Å²) >= 11 is 0. The van der Waals surface area contributed by atoms with Crippen LogP contribution in [0.25, 0.3) is 0 Å². The lowest BCUT2D eigenvalue weighted by Crippen LogP contribution is -2.15. The molecule has 0 bridgehead atoms. The van der Waals surface area contributed by atoms with E-state index in [0.29, 0.717) is 22.0 Å². The van der Waals surface area contributed by atoms with E-state index in [0.717, 1.165) is 11.1 Å². The van der Waals surface area contributed by atoms with Gasteiger partial charge in [-0.3, -0.25) is 0 Å². The molecule has 0 spiro atoms. The third-order valence-corrected chi connectivity index (χ3v) is 5.43. The van der Waals surface area contributed by atoms with Crippen molar-refractivity contribution in [1.82, 2.24) is 0 Å². The van der Waals surface area contributed by atoms with Crippen LogP contribution in [0.4, 0.5) is 0 Å².